The minimum atomic E-state index is -0.654. The minimum absolute atomic E-state index is 0.346. The zero-order valence-electron chi connectivity index (χ0n) is 16.6. The monoisotopic (exact) mass is 432 g/mol. The van der Waals surface area contributed by atoms with Gasteiger partial charge in [0.1, 0.15) is 0 Å². The van der Waals surface area contributed by atoms with Crippen molar-refractivity contribution in [3.8, 4) is 0 Å². The van der Waals surface area contributed by atoms with Crippen LogP contribution in [0.4, 0.5) is 5.69 Å². The number of rotatable bonds is 14. The first-order valence-electron chi connectivity index (χ1n) is 10.4. The van der Waals surface area contributed by atoms with Crippen molar-refractivity contribution in [3.63, 3.8) is 0 Å². The van der Waals surface area contributed by atoms with Crippen molar-refractivity contribution in [3.05, 3.63) is 27.7 Å². The molecule has 1 heterocycles. The van der Waals surface area contributed by atoms with Crippen molar-refractivity contribution in [2.45, 2.75) is 63.6 Å². The molecule has 0 saturated carbocycles. The smallest absolute Gasteiger partial charge is 0.0915 e. The lowest BCUT2D eigenvalue weighted by molar-refractivity contribution is 0.0808. The summed E-state index contributed by atoms with van der Waals surface area (Å²) in [5.41, 5.74) is 6.74. The third kappa shape index (κ3) is 8.85. The fourth-order valence-corrected chi connectivity index (χ4v) is 3.85. The zero-order chi connectivity index (χ0) is 20.2. The summed E-state index contributed by atoms with van der Waals surface area (Å²) in [7, 11) is 0. The quantitative estimate of drug-likeness (QED) is 0.292. The van der Waals surface area contributed by atoms with Gasteiger partial charge < -0.3 is 25.6 Å². The highest BCUT2D eigenvalue weighted by molar-refractivity contribution is 6.38. The third-order valence-corrected chi connectivity index (χ3v) is 5.68. The third-order valence-electron chi connectivity index (χ3n) is 5.05. The fourth-order valence-electron chi connectivity index (χ4n) is 3.35. The Bertz CT molecular complexity index is 546. The zero-order valence-corrected chi connectivity index (χ0v) is 18.1. The maximum atomic E-state index is 10.2. The Labute approximate surface area is 178 Å². The van der Waals surface area contributed by atoms with Crippen molar-refractivity contribution in [2.75, 3.05) is 38.6 Å². The second-order valence-electron chi connectivity index (χ2n) is 7.42. The van der Waals surface area contributed by atoms with Gasteiger partial charge in [-0.1, -0.05) is 36.0 Å². The molecule has 0 amide bonds. The van der Waals surface area contributed by atoms with Crippen molar-refractivity contribution in [1.29, 1.82) is 0 Å². The first-order chi connectivity index (χ1) is 13.6. The summed E-state index contributed by atoms with van der Waals surface area (Å²) in [5.74, 6) is 0. The van der Waals surface area contributed by atoms with Crippen LogP contribution in [0.25, 0.3) is 0 Å². The number of aliphatic hydroxyl groups is 1. The molecule has 4 N–H and O–H groups in total. The number of benzene rings is 1. The molecule has 0 aromatic heterocycles. The Balaban J connectivity index is 1.40. The van der Waals surface area contributed by atoms with Crippen LogP contribution in [0.1, 0.15) is 63.0 Å². The standard InChI is InChI=1S/C21H34Cl2N2O3/c22-18-13-16(14-19(23)21(18)24)20(26)15-25-9-3-1-2-4-10-27-11-5-7-17-8-6-12-28-17/h13-14,17,20,25-26H,1-12,15,24H2. The van der Waals surface area contributed by atoms with E-state index in [0.29, 0.717) is 33.9 Å². The summed E-state index contributed by atoms with van der Waals surface area (Å²) >= 11 is 12.0. The van der Waals surface area contributed by atoms with Gasteiger partial charge in [0, 0.05) is 26.4 Å². The van der Waals surface area contributed by atoms with E-state index in [9.17, 15) is 5.11 Å². The summed E-state index contributed by atoms with van der Waals surface area (Å²) in [6, 6.07) is 3.33. The minimum Gasteiger partial charge on any atom is -0.396 e. The lowest BCUT2D eigenvalue weighted by Crippen LogP contribution is -2.22. The van der Waals surface area contributed by atoms with Gasteiger partial charge in [-0.05, 0) is 62.8 Å². The number of nitrogens with one attached hydrogen (secondary N) is 1. The molecule has 1 fully saturated rings. The van der Waals surface area contributed by atoms with Crippen molar-refractivity contribution >= 4 is 28.9 Å². The Morgan fingerprint density at radius 1 is 1.14 bits per heavy atom. The molecule has 0 radical (unpaired) electrons. The topological polar surface area (TPSA) is 76.7 Å². The molecule has 160 valence electrons. The van der Waals surface area contributed by atoms with Crippen molar-refractivity contribution < 1.29 is 14.6 Å². The predicted molar refractivity (Wildman–Crippen MR) is 116 cm³/mol. The van der Waals surface area contributed by atoms with Crippen LogP contribution in [0.5, 0.6) is 0 Å². The first-order valence-corrected chi connectivity index (χ1v) is 11.2. The van der Waals surface area contributed by atoms with Crippen LogP contribution in [0, 0.1) is 0 Å². The van der Waals surface area contributed by atoms with E-state index in [4.69, 9.17) is 38.4 Å². The second kappa shape index (κ2) is 13.6. The SMILES string of the molecule is Nc1c(Cl)cc(C(O)CNCCCCCCOCCCC2CCCO2)cc1Cl. The molecule has 0 spiro atoms. The number of anilines is 1. The molecule has 2 rings (SSSR count). The molecule has 1 aromatic rings. The van der Waals surface area contributed by atoms with Gasteiger partial charge in [0.2, 0.25) is 0 Å². The summed E-state index contributed by atoms with van der Waals surface area (Å²) in [6.07, 6.45) is 8.98. The Kier molecular flexibility index (Phi) is 11.5. The molecule has 1 saturated heterocycles. The Morgan fingerprint density at radius 3 is 2.57 bits per heavy atom. The summed E-state index contributed by atoms with van der Waals surface area (Å²) in [4.78, 5) is 0. The number of aliphatic hydroxyl groups excluding tert-OH is 1. The second-order valence-corrected chi connectivity index (χ2v) is 8.24. The number of ether oxygens (including phenoxy) is 2. The number of unbranched alkanes of at least 4 members (excludes halogenated alkanes) is 3. The molecule has 1 aliphatic heterocycles. The Morgan fingerprint density at radius 2 is 1.86 bits per heavy atom. The molecule has 2 unspecified atom stereocenters. The van der Waals surface area contributed by atoms with E-state index < -0.39 is 6.10 Å². The van der Waals surface area contributed by atoms with Gasteiger partial charge in [-0.25, -0.2) is 0 Å². The molecule has 0 aliphatic carbocycles. The highest BCUT2D eigenvalue weighted by atomic mass is 35.5. The van der Waals surface area contributed by atoms with Gasteiger partial charge in [0.15, 0.2) is 0 Å². The van der Waals surface area contributed by atoms with E-state index >= 15 is 0 Å². The Hall–Kier alpha value is -0.560. The van der Waals surface area contributed by atoms with Crippen LogP contribution < -0.4 is 11.1 Å². The van der Waals surface area contributed by atoms with E-state index in [1.54, 1.807) is 12.1 Å². The van der Waals surface area contributed by atoms with Crippen LogP contribution in [-0.4, -0.2) is 44.1 Å². The van der Waals surface area contributed by atoms with E-state index in [-0.39, 0.29) is 0 Å². The van der Waals surface area contributed by atoms with Crippen molar-refractivity contribution in [1.82, 2.24) is 5.32 Å². The molecule has 1 aliphatic rings. The van der Waals surface area contributed by atoms with Gasteiger partial charge in [0.05, 0.1) is 27.9 Å². The normalized spacial score (nSPS) is 17.9. The van der Waals surface area contributed by atoms with Gasteiger partial charge in [0.25, 0.3) is 0 Å². The van der Waals surface area contributed by atoms with Crippen LogP contribution in [0.15, 0.2) is 12.1 Å². The van der Waals surface area contributed by atoms with Crippen molar-refractivity contribution in [2.24, 2.45) is 0 Å². The number of hydrogen-bond acceptors (Lipinski definition) is 5. The molecular weight excluding hydrogens is 399 g/mol. The lowest BCUT2D eigenvalue weighted by Gasteiger charge is -2.14. The number of hydrogen-bond donors (Lipinski definition) is 3. The van der Waals surface area contributed by atoms with E-state index in [0.717, 1.165) is 58.5 Å². The number of nitrogens with two attached hydrogens (primary N) is 1. The van der Waals surface area contributed by atoms with E-state index in [2.05, 4.69) is 5.32 Å². The van der Waals surface area contributed by atoms with Gasteiger partial charge in [-0.15, -0.1) is 0 Å². The summed E-state index contributed by atoms with van der Waals surface area (Å²) in [5, 5.41) is 14.2. The predicted octanol–water partition coefficient (Wildman–Crippen LogP) is 4.73. The van der Waals surface area contributed by atoms with E-state index in [1.165, 1.54) is 19.3 Å². The van der Waals surface area contributed by atoms with Crippen LogP contribution >= 0.6 is 23.2 Å². The van der Waals surface area contributed by atoms with Crippen LogP contribution in [0.3, 0.4) is 0 Å². The molecule has 28 heavy (non-hydrogen) atoms. The molecular formula is C21H34Cl2N2O3. The molecule has 5 nitrogen and oxygen atoms in total. The molecule has 2 atom stereocenters. The highest BCUT2D eigenvalue weighted by Gasteiger charge is 2.14. The van der Waals surface area contributed by atoms with Gasteiger partial charge >= 0.3 is 0 Å². The summed E-state index contributed by atoms with van der Waals surface area (Å²) < 4.78 is 11.3. The maximum absolute atomic E-state index is 10.2. The van der Waals surface area contributed by atoms with Crippen LogP contribution in [0.2, 0.25) is 10.0 Å². The van der Waals surface area contributed by atoms with Gasteiger partial charge in [-0.2, -0.15) is 0 Å². The van der Waals surface area contributed by atoms with Gasteiger partial charge in [-0.3, -0.25) is 0 Å². The lowest BCUT2D eigenvalue weighted by atomic mass is 10.1. The number of nitrogen functional groups attached to an aromatic ring is 1. The van der Waals surface area contributed by atoms with Crippen LogP contribution in [-0.2, 0) is 9.47 Å². The fraction of sp³-hybridized carbons (Fsp3) is 0.714. The number of halogens is 2. The average Bonchev–Trinajstić information content (AvgIpc) is 3.19. The summed E-state index contributed by atoms with van der Waals surface area (Å²) in [6.45, 7) is 3.96. The molecule has 1 aromatic carbocycles. The first kappa shape index (κ1) is 23.7. The highest BCUT2D eigenvalue weighted by Crippen LogP contribution is 2.31. The van der Waals surface area contributed by atoms with E-state index in [1.807, 2.05) is 0 Å². The molecule has 7 heteroatoms. The average molecular weight is 433 g/mol. The molecule has 0 bridgehead atoms. The largest absolute Gasteiger partial charge is 0.396 e. The maximum Gasteiger partial charge on any atom is 0.0915 e.